The summed E-state index contributed by atoms with van der Waals surface area (Å²) in [6, 6.07) is 0. The van der Waals surface area contributed by atoms with Crippen molar-refractivity contribution in [2.75, 3.05) is 13.2 Å². The van der Waals surface area contributed by atoms with Crippen LogP contribution in [0.3, 0.4) is 0 Å². The molecule has 0 aliphatic heterocycles. The number of hydrogen-bond acceptors (Lipinski definition) is 6. The van der Waals surface area contributed by atoms with Crippen LogP contribution in [-0.4, -0.2) is 37.2 Å². The predicted molar refractivity (Wildman–Crippen MR) is 330 cm³/mol. The molecule has 0 radical (unpaired) electrons. The van der Waals surface area contributed by atoms with E-state index in [0.29, 0.717) is 19.3 Å². The standard InChI is InChI=1S/C70H134O6/c1-4-7-10-13-16-19-22-25-27-28-29-30-31-32-33-34-35-36-37-38-39-40-41-43-45-48-51-54-57-60-63-69(72)75-66-67(65-74-68(71)62-59-56-53-50-47-44-24-21-18-15-12-9-6-3)76-70(73)64-61-58-55-52-49-46-42-26-23-20-17-14-11-8-5-2/h21,24,67H,4-20,22-23,25-66H2,1-3H3/b24-21-. The van der Waals surface area contributed by atoms with E-state index in [0.717, 1.165) is 64.2 Å². The van der Waals surface area contributed by atoms with Crippen LogP contribution in [0, 0.1) is 0 Å². The molecule has 0 aromatic rings. The lowest BCUT2D eigenvalue weighted by molar-refractivity contribution is -0.167. The fourth-order valence-corrected chi connectivity index (χ4v) is 10.8. The van der Waals surface area contributed by atoms with Crippen LogP contribution in [0.2, 0.25) is 0 Å². The van der Waals surface area contributed by atoms with Crippen molar-refractivity contribution in [2.24, 2.45) is 0 Å². The first-order valence-electron chi connectivity index (χ1n) is 34.7. The zero-order valence-corrected chi connectivity index (χ0v) is 51.8. The van der Waals surface area contributed by atoms with E-state index in [1.165, 1.54) is 295 Å². The van der Waals surface area contributed by atoms with Gasteiger partial charge in [0.15, 0.2) is 6.10 Å². The lowest BCUT2D eigenvalue weighted by Crippen LogP contribution is -2.30. The van der Waals surface area contributed by atoms with E-state index in [2.05, 4.69) is 32.9 Å². The molecule has 1 atom stereocenters. The van der Waals surface area contributed by atoms with Gasteiger partial charge in [-0.15, -0.1) is 0 Å². The molecule has 0 N–H and O–H groups in total. The van der Waals surface area contributed by atoms with E-state index in [4.69, 9.17) is 14.2 Å². The van der Waals surface area contributed by atoms with Gasteiger partial charge in [-0.25, -0.2) is 0 Å². The summed E-state index contributed by atoms with van der Waals surface area (Å²) in [6.45, 7) is 6.70. The molecule has 0 amide bonds. The van der Waals surface area contributed by atoms with Crippen molar-refractivity contribution < 1.29 is 28.6 Å². The van der Waals surface area contributed by atoms with E-state index in [1.54, 1.807) is 0 Å². The quantitative estimate of drug-likeness (QED) is 0.0261. The van der Waals surface area contributed by atoms with E-state index < -0.39 is 6.10 Å². The number of esters is 3. The highest BCUT2D eigenvalue weighted by molar-refractivity contribution is 5.71. The summed E-state index contributed by atoms with van der Waals surface area (Å²) < 4.78 is 16.9. The fraction of sp³-hybridized carbons (Fsp3) is 0.929. The molecule has 0 saturated carbocycles. The molecule has 0 fully saturated rings. The minimum Gasteiger partial charge on any atom is -0.462 e. The van der Waals surface area contributed by atoms with Crippen LogP contribution in [0.1, 0.15) is 400 Å². The van der Waals surface area contributed by atoms with Crippen molar-refractivity contribution in [3.63, 3.8) is 0 Å². The molecule has 0 aromatic carbocycles. The van der Waals surface area contributed by atoms with Gasteiger partial charge in [0.25, 0.3) is 0 Å². The second kappa shape index (κ2) is 65.7. The first-order chi connectivity index (χ1) is 37.5. The zero-order chi connectivity index (χ0) is 55.0. The van der Waals surface area contributed by atoms with Gasteiger partial charge in [-0.3, -0.25) is 14.4 Å². The molecule has 0 aromatic heterocycles. The van der Waals surface area contributed by atoms with Gasteiger partial charge in [0.05, 0.1) is 0 Å². The van der Waals surface area contributed by atoms with Gasteiger partial charge < -0.3 is 14.2 Å². The number of carbonyl (C=O) groups excluding carboxylic acids is 3. The van der Waals surface area contributed by atoms with Gasteiger partial charge >= 0.3 is 17.9 Å². The maximum Gasteiger partial charge on any atom is 0.306 e. The molecular weight excluding hydrogens is 937 g/mol. The predicted octanol–water partition coefficient (Wildman–Crippen LogP) is 23.6. The SMILES string of the molecule is CCCCCC/C=C\CCCCCCCC(=O)OCC(COC(=O)CCCCCCCCCCCCCCCCCCCCCCCCCCCCCCCC)OC(=O)CCCCCCCCCCCCCCCCC. The number of carbonyl (C=O) groups is 3. The Hall–Kier alpha value is -1.85. The average molecular weight is 1070 g/mol. The molecule has 450 valence electrons. The highest BCUT2D eigenvalue weighted by Gasteiger charge is 2.19. The van der Waals surface area contributed by atoms with Crippen LogP contribution in [0.15, 0.2) is 12.2 Å². The lowest BCUT2D eigenvalue weighted by Gasteiger charge is -2.18. The number of allylic oxidation sites excluding steroid dienone is 2. The third-order valence-corrected chi connectivity index (χ3v) is 16.0. The van der Waals surface area contributed by atoms with Gasteiger partial charge in [0, 0.05) is 19.3 Å². The van der Waals surface area contributed by atoms with Crippen LogP contribution in [-0.2, 0) is 28.6 Å². The molecule has 0 rings (SSSR count). The number of ether oxygens (including phenoxy) is 3. The summed E-state index contributed by atoms with van der Waals surface area (Å²) in [6.07, 6.45) is 78.2. The van der Waals surface area contributed by atoms with E-state index >= 15 is 0 Å². The molecule has 0 saturated heterocycles. The smallest absolute Gasteiger partial charge is 0.306 e. The zero-order valence-electron chi connectivity index (χ0n) is 51.8. The summed E-state index contributed by atoms with van der Waals surface area (Å²) in [5.41, 5.74) is 0. The fourth-order valence-electron chi connectivity index (χ4n) is 10.8. The highest BCUT2D eigenvalue weighted by Crippen LogP contribution is 2.19. The number of unbranched alkanes of at least 4 members (excludes halogenated alkanes) is 52. The molecule has 6 heteroatoms. The third-order valence-electron chi connectivity index (χ3n) is 16.0. The van der Waals surface area contributed by atoms with Crippen LogP contribution >= 0.6 is 0 Å². The summed E-state index contributed by atoms with van der Waals surface area (Å²) in [7, 11) is 0. The normalized spacial score (nSPS) is 12.0. The molecule has 0 aliphatic rings. The van der Waals surface area contributed by atoms with Gasteiger partial charge in [-0.1, -0.05) is 348 Å². The summed E-state index contributed by atoms with van der Waals surface area (Å²) in [5, 5.41) is 0. The number of hydrogen-bond donors (Lipinski definition) is 0. The molecule has 0 spiro atoms. The second-order valence-electron chi connectivity index (χ2n) is 23.8. The Labute approximate surface area is 475 Å². The largest absolute Gasteiger partial charge is 0.462 e. The molecule has 0 heterocycles. The van der Waals surface area contributed by atoms with Crippen molar-refractivity contribution in [1.29, 1.82) is 0 Å². The van der Waals surface area contributed by atoms with Gasteiger partial charge in [0.1, 0.15) is 13.2 Å². The monoisotopic (exact) mass is 1070 g/mol. The highest BCUT2D eigenvalue weighted by atomic mass is 16.6. The Morgan fingerprint density at radius 3 is 0.671 bits per heavy atom. The third kappa shape index (κ3) is 63.0. The van der Waals surface area contributed by atoms with Crippen molar-refractivity contribution in [3.05, 3.63) is 12.2 Å². The second-order valence-corrected chi connectivity index (χ2v) is 23.8. The van der Waals surface area contributed by atoms with E-state index in [9.17, 15) is 14.4 Å². The lowest BCUT2D eigenvalue weighted by atomic mass is 10.0. The van der Waals surface area contributed by atoms with Gasteiger partial charge in [-0.05, 0) is 44.9 Å². The number of rotatable bonds is 65. The Morgan fingerprint density at radius 2 is 0.434 bits per heavy atom. The molecular formula is C70H134O6. The Kier molecular flexibility index (Phi) is 64.1. The Morgan fingerprint density at radius 1 is 0.250 bits per heavy atom. The van der Waals surface area contributed by atoms with E-state index in [1.807, 2.05) is 0 Å². The summed E-state index contributed by atoms with van der Waals surface area (Å²) in [4.78, 5) is 38.3. The van der Waals surface area contributed by atoms with Gasteiger partial charge in [0.2, 0.25) is 0 Å². The average Bonchev–Trinajstić information content (AvgIpc) is 3.42. The summed E-state index contributed by atoms with van der Waals surface area (Å²) >= 11 is 0. The molecule has 1 unspecified atom stereocenters. The molecule has 76 heavy (non-hydrogen) atoms. The van der Waals surface area contributed by atoms with Gasteiger partial charge in [-0.2, -0.15) is 0 Å². The maximum atomic E-state index is 12.9. The molecule has 0 aliphatic carbocycles. The molecule has 6 nitrogen and oxygen atoms in total. The van der Waals surface area contributed by atoms with Crippen LogP contribution in [0.4, 0.5) is 0 Å². The van der Waals surface area contributed by atoms with Crippen LogP contribution in [0.5, 0.6) is 0 Å². The maximum absolute atomic E-state index is 12.9. The van der Waals surface area contributed by atoms with Crippen molar-refractivity contribution in [3.8, 4) is 0 Å². The Balaban J connectivity index is 4.10. The van der Waals surface area contributed by atoms with Crippen LogP contribution in [0.25, 0.3) is 0 Å². The minimum absolute atomic E-state index is 0.0660. The first kappa shape index (κ1) is 74.2. The Bertz CT molecular complexity index is 1180. The van der Waals surface area contributed by atoms with Crippen molar-refractivity contribution in [1.82, 2.24) is 0 Å². The summed E-state index contributed by atoms with van der Waals surface area (Å²) in [5.74, 6) is -0.844. The topological polar surface area (TPSA) is 78.9 Å². The van der Waals surface area contributed by atoms with Crippen LogP contribution < -0.4 is 0 Å². The minimum atomic E-state index is -0.769. The van der Waals surface area contributed by atoms with E-state index in [-0.39, 0.29) is 31.1 Å². The van der Waals surface area contributed by atoms with Crippen molar-refractivity contribution >= 4 is 17.9 Å². The van der Waals surface area contributed by atoms with Crippen molar-refractivity contribution in [2.45, 2.75) is 406 Å². The molecule has 0 bridgehead atoms. The first-order valence-corrected chi connectivity index (χ1v) is 34.7.